The van der Waals surface area contributed by atoms with E-state index in [1.54, 1.807) is 16.7 Å². The van der Waals surface area contributed by atoms with Crippen LogP contribution in [0.4, 0.5) is 4.79 Å². The van der Waals surface area contributed by atoms with E-state index in [1.807, 2.05) is 6.92 Å². The minimum Gasteiger partial charge on any atom is -0.481 e. The van der Waals surface area contributed by atoms with Crippen LogP contribution >= 0.6 is 11.8 Å². The molecule has 0 radical (unpaired) electrons. The molecule has 0 aromatic carbocycles. The molecule has 1 saturated heterocycles. The molecule has 0 aromatic heterocycles. The average molecular weight is 317 g/mol. The first kappa shape index (κ1) is 17.6. The van der Waals surface area contributed by atoms with E-state index in [2.05, 4.69) is 10.6 Å². The molecule has 0 aliphatic carbocycles. The van der Waals surface area contributed by atoms with Gasteiger partial charge < -0.3 is 20.6 Å². The van der Waals surface area contributed by atoms with Crippen LogP contribution in [0.5, 0.6) is 0 Å². The molecule has 120 valence electrons. The number of hydrogen-bond acceptors (Lipinski definition) is 4. The van der Waals surface area contributed by atoms with Crippen LogP contribution in [0.15, 0.2) is 0 Å². The molecule has 1 aliphatic heterocycles. The maximum Gasteiger partial charge on any atom is 0.317 e. The van der Waals surface area contributed by atoms with Crippen LogP contribution in [0.2, 0.25) is 0 Å². The van der Waals surface area contributed by atoms with Crippen molar-refractivity contribution in [3.63, 3.8) is 0 Å². The van der Waals surface area contributed by atoms with Gasteiger partial charge in [-0.3, -0.25) is 9.59 Å². The van der Waals surface area contributed by atoms with Crippen molar-refractivity contribution < 1.29 is 19.5 Å². The summed E-state index contributed by atoms with van der Waals surface area (Å²) >= 11 is 1.65. The fourth-order valence-electron chi connectivity index (χ4n) is 2.03. The first-order valence-electron chi connectivity index (χ1n) is 7.15. The second kappa shape index (κ2) is 9.49. The third kappa shape index (κ3) is 6.70. The van der Waals surface area contributed by atoms with Gasteiger partial charge in [-0.15, -0.1) is 0 Å². The summed E-state index contributed by atoms with van der Waals surface area (Å²) in [5.74, 6) is 0.449. The number of aliphatic carboxylic acids is 1. The molecule has 1 unspecified atom stereocenters. The van der Waals surface area contributed by atoms with Crippen molar-refractivity contribution in [1.82, 2.24) is 15.5 Å². The first-order chi connectivity index (χ1) is 10.0. The van der Waals surface area contributed by atoms with Gasteiger partial charge in [0.05, 0.1) is 12.5 Å². The normalized spacial score (nSPS) is 18.1. The van der Waals surface area contributed by atoms with Gasteiger partial charge in [0.25, 0.3) is 0 Å². The zero-order valence-corrected chi connectivity index (χ0v) is 13.1. The van der Waals surface area contributed by atoms with Gasteiger partial charge in [0.2, 0.25) is 5.91 Å². The number of carbonyl (C=O) groups is 3. The van der Waals surface area contributed by atoms with Crippen LogP contribution in [0.3, 0.4) is 0 Å². The third-order valence-corrected chi connectivity index (χ3v) is 4.19. The minimum absolute atomic E-state index is 0.0442. The molecule has 0 saturated carbocycles. The van der Waals surface area contributed by atoms with Crippen LogP contribution in [0, 0.1) is 0 Å². The van der Waals surface area contributed by atoms with Crippen molar-refractivity contribution in [3.8, 4) is 0 Å². The summed E-state index contributed by atoms with van der Waals surface area (Å²) in [6.45, 7) is 3.41. The molecule has 7 nitrogen and oxygen atoms in total. The van der Waals surface area contributed by atoms with Crippen molar-refractivity contribution in [1.29, 1.82) is 0 Å². The molecule has 3 amide bonds. The molecule has 1 aliphatic rings. The van der Waals surface area contributed by atoms with Crippen molar-refractivity contribution in [2.75, 3.05) is 31.1 Å². The number of carboxylic acid groups (broad SMARTS) is 1. The Kier molecular flexibility index (Phi) is 7.96. The zero-order chi connectivity index (χ0) is 15.7. The number of thioether (sulfide) groups is 1. The lowest BCUT2D eigenvalue weighted by Gasteiger charge is -2.34. The van der Waals surface area contributed by atoms with E-state index in [0.29, 0.717) is 18.8 Å². The summed E-state index contributed by atoms with van der Waals surface area (Å²) in [7, 11) is 0. The topological polar surface area (TPSA) is 98.7 Å². The van der Waals surface area contributed by atoms with E-state index in [-0.39, 0.29) is 37.4 Å². The highest BCUT2D eigenvalue weighted by molar-refractivity contribution is 7.99. The van der Waals surface area contributed by atoms with Gasteiger partial charge >= 0.3 is 12.0 Å². The molecule has 0 bridgehead atoms. The van der Waals surface area contributed by atoms with Crippen molar-refractivity contribution in [2.24, 2.45) is 0 Å². The maximum atomic E-state index is 12.1. The summed E-state index contributed by atoms with van der Waals surface area (Å²) in [6.07, 6.45) is 1.07. The van der Waals surface area contributed by atoms with E-state index >= 15 is 0 Å². The fraction of sp³-hybridized carbons (Fsp3) is 0.769. The van der Waals surface area contributed by atoms with E-state index in [4.69, 9.17) is 5.11 Å². The van der Waals surface area contributed by atoms with Gasteiger partial charge in [-0.05, 0) is 6.42 Å². The highest BCUT2D eigenvalue weighted by Crippen LogP contribution is 2.18. The lowest BCUT2D eigenvalue weighted by molar-refractivity contribution is -0.138. The maximum absolute atomic E-state index is 12.1. The van der Waals surface area contributed by atoms with E-state index in [9.17, 15) is 14.4 Å². The Bertz CT molecular complexity index is 378. The summed E-state index contributed by atoms with van der Waals surface area (Å²) in [5.41, 5.74) is 0. The van der Waals surface area contributed by atoms with Gasteiger partial charge in [0.15, 0.2) is 0 Å². The molecule has 0 aromatic rings. The van der Waals surface area contributed by atoms with Crippen LogP contribution in [0.1, 0.15) is 26.2 Å². The van der Waals surface area contributed by atoms with Crippen molar-refractivity contribution in [2.45, 2.75) is 32.2 Å². The van der Waals surface area contributed by atoms with Crippen LogP contribution < -0.4 is 10.6 Å². The number of nitrogens with zero attached hydrogens (tertiary/aromatic N) is 1. The highest BCUT2D eigenvalue weighted by Gasteiger charge is 2.28. The number of carbonyl (C=O) groups excluding carboxylic acids is 2. The molecule has 1 heterocycles. The predicted molar refractivity (Wildman–Crippen MR) is 81.4 cm³/mol. The standard InChI is InChI=1S/C13H23N3O4S/c1-2-4-14-11(17)3-5-15-13(20)16-6-7-21-9-10(16)8-12(18)19/h10H,2-9H2,1H3,(H,14,17)(H,15,20)(H,18,19). The number of rotatable bonds is 7. The quantitative estimate of drug-likeness (QED) is 0.635. The van der Waals surface area contributed by atoms with Gasteiger partial charge in [-0.25, -0.2) is 4.79 Å². The Morgan fingerprint density at radius 3 is 2.71 bits per heavy atom. The molecule has 0 spiro atoms. The molecule has 8 heteroatoms. The smallest absolute Gasteiger partial charge is 0.317 e. The number of carboxylic acids is 1. The monoisotopic (exact) mass is 317 g/mol. The summed E-state index contributed by atoms with van der Waals surface area (Å²) in [5, 5.41) is 14.3. The molecule has 1 rings (SSSR count). The number of nitrogens with one attached hydrogen (secondary N) is 2. The molecular weight excluding hydrogens is 294 g/mol. The van der Waals surface area contributed by atoms with E-state index in [0.717, 1.165) is 12.2 Å². The van der Waals surface area contributed by atoms with E-state index in [1.165, 1.54) is 0 Å². The number of urea groups is 1. The highest BCUT2D eigenvalue weighted by atomic mass is 32.2. The lowest BCUT2D eigenvalue weighted by atomic mass is 10.2. The Labute approximate surface area is 128 Å². The second-order valence-corrected chi connectivity index (χ2v) is 6.00. The van der Waals surface area contributed by atoms with Gasteiger partial charge in [-0.2, -0.15) is 11.8 Å². The van der Waals surface area contributed by atoms with Gasteiger partial charge in [0, 0.05) is 37.6 Å². The Hall–Kier alpha value is -1.44. The van der Waals surface area contributed by atoms with Crippen molar-refractivity contribution >= 4 is 29.7 Å². The lowest BCUT2D eigenvalue weighted by Crippen LogP contribution is -2.51. The summed E-state index contributed by atoms with van der Waals surface area (Å²) in [6, 6.07) is -0.569. The van der Waals surface area contributed by atoms with Crippen LogP contribution in [-0.4, -0.2) is 65.1 Å². The molecule has 21 heavy (non-hydrogen) atoms. The third-order valence-electron chi connectivity index (χ3n) is 3.10. The Morgan fingerprint density at radius 1 is 1.29 bits per heavy atom. The Balaban J connectivity index is 2.34. The molecule has 1 fully saturated rings. The Morgan fingerprint density at radius 2 is 2.05 bits per heavy atom. The average Bonchev–Trinajstić information content (AvgIpc) is 2.45. The van der Waals surface area contributed by atoms with Crippen LogP contribution in [0.25, 0.3) is 0 Å². The fourth-order valence-corrected chi connectivity index (χ4v) is 3.09. The van der Waals surface area contributed by atoms with E-state index < -0.39 is 5.97 Å². The predicted octanol–water partition coefficient (Wildman–Crippen LogP) is 0.504. The van der Waals surface area contributed by atoms with Crippen molar-refractivity contribution in [3.05, 3.63) is 0 Å². The zero-order valence-electron chi connectivity index (χ0n) is 12.3. The summed E-state index contributed by atoms with van der Waals surface area (Å²) in [4.78, 5) is 35.9. The SMILES string of the molecule is CCCNC(=O)CCNC(=O)N1CCSCC1CC(=O)O. The number of hydrogen-bond donors (Lipinski definition) is 3. The van der Waals surface area contributed by atoms with Gasteiger partial charge in [0.1, 0.15) is 0 Å². The second-order valence-electron chi connectivity index (χ2n) is 4.85. The molecular formula is C13H23N3O4S. The molecule has 1 atom stereocenters. The summed E-state index contributed by atoms with van der Waals surface area (Å²) < 4.78 is 0. The van der Waals surface area contributed by atoms with Crippen LogP contribution in [-0.2, 0) is 9.59 Å². The van der Waals surface area contributed by atoms with Gasteiger partial charge in [-0.1, -0.05) is 6.92 Å². The number of amides is 3. The largest absolute Gasteiger partial charge is 0.481 e. The first-order valence-corrected chi connectivity index (χ1v) is 8.30. The minimum atomic E-state index is -0.903. The molecule has 3 N–H and O–H groups in total.